The highest BCUT2D eigenvalue weighted by molar-refractivity contribution is 6.10. The minimum Gasteiger partial charge on any atom is -0.324 e. The molecule has 1 aromatic carbocycles. The van der Waals surface area contributed by atoms with E-state index in [9.17, 15) is 19.2 Å². The molecule has 1 heterocycles. The Hall–Kier alpha value is -2.76. The van der Waals surface area contributed by atoms with Crippen LogP contribution in [0.5, 0.6) is 0 Å². The third-order valence-electron chi connectivity index (χ3n) is 7.02. The van der Waals surface area contributed by atoms with Gasteiger partial charge in [-0.05, 0) is 68.2 Å². The zero-order valence-electron chi connectivity index (χ0n) is 15.8. The van der Waals surface area contributed by atoms with E-state index in [2.05, 4.69) is 17.5 Å². The molecule has 3 amide bonds. The van der Waals surface area contributed by atoms with Crippen LogP contribution >= 0.6 is 0 Å². The molecule has 0 radical (unpaired) electrons. The zero-order valence-corrected chi connectivity index (χ0v) is 15.8. The van der Waals surface area contributed by atoms with Crippen molar-refractivity contribution in [3.05, 3.63) is 42.0 Å². The van der Waals surface area contributed by atoms with Crippen LogP contribution in [0.4, 0.5) is 5.69 Å². The quantitative estimate of drug-likeness (QED) is 0.495. The van der Waals surface area contributed by atoms with Gasteiger partial charge in [0.15, 0.2) is 5.78 Å². The molecule has 1 aliphatic heterocycles. The van der Waals surface area contributed by atoms with E-state index in [1.807, 2.05) is 0 Å². The lowest BCUT2D eigenvalue weighted by molar-refractivity contribution is -0.146. The van der Waals surface area contributed by atoms with Crippen LogP contribution in [-0.2, 0) is 14.4 Å². The van der Waals surface area contributed by atoms with Crippen LogP contribution in [0.2, 0.25) is 0 Å². The van der Waals surface area contributed by atoms with E-state index >= 15 is 0 Å². The first-order valence-electron chi connectivity index (χ1n) is 9.85. The van der Waals surface area contributed by atoms with Crippen LogP contribution in [0, 0.1) is 35.5 Å². The summed E-state index contributed by atoms with van der Waals surface area (Å²) in [5.41, 5.74) is 1.09. The number of carbonyl (C=O) groups excluding carboxylic acids is 4. The summed E-state index contributed by atoms with van der Waals surface area (Å²) in [4.78, 5) is 51.4. The maximum atomic E-state index is 13.1. The molecule has 2 bridgehead atoms. The lowest BCUT2D eigenvalue weighted by atomic mass is 9.63. The average Bonchev–Trinajstić information content (AvgIpc) is 3.45. The summed E-state index contributed by atoms with van der Waals surface area (Å²) in [5.74, 6) is -0.0681. The predicted octanol–water partition coefficient (Wildman–Crippen LogP) is 2.27. The predicted molar refractivity (Wildman–Crippen MR) is 101 cm³/mol. The smallest absolute Gasteiger partial charge is 0.247 e. The van der Waals surface area contributed by atoms with E-state index in [1.165, 1.54) is 11.8 Å². The standard InChI is InChI=1S/C22H22N2O4/c1-10(20(26)23-13-5-3-12(4-6-13)11(2)25)24-21(27)18-14-7-8-15(17-9-16(14)17)19(18)22(24)28/h3-8,10,14-19H,9H2,1-2H3,(H,23,26)/t10-,14+,15+,16+,17+,18-,19-/m0/s1. The molecule has 144 valence electrons. The van der Waals surface area contributed by atoms with Crippen molar-refractivity contribution in [3.8, 4) is 0 Å². The highest BCUT2D eigenvalue weighted by Crippen LogP contribution is 2.65. The number of imide groups is 1. The highest BCUT2D eigenvalue weighted by atomic mass is 16.2. The van der Waals surface area contributed by atoms with Gasteiger partial charge in [0.25, 0.3) is 0 Å². The molecule has 1 saturated heterocycles. The molecule has 6 nitrogen and oxygen atoms in total. The number of amides is 3. The minimum absolute atomic E-state index is 0.0524. The van der Waals surface area contributed by atoms with Crippen LogP contribution in [0.15, 0.2) is 36.4 Å². The Labute approximate surface area is 163 Å². The van der Waals surface area contributed by atoms with Gasteiger partial charge in [0.05, 0.1) is 11.8 Å². The number of rotatable bonds is 4. The van der Waals surface area contributed by atoms with Gasteiger partial charge in [-0.15, -0.1) is 0 Å². The van der Waals surface area contributed by atoms with E-state index in [-0.39, 0.29) is 41.3 Å². The van der Waals surface area contributed by atoms with E-state index in [1.54, 1.807) is 31.2 Å². The number of Topliss-reactive ketones (excluding diaryl/α,β-unsaturated/α-hetero) is 1. The van der Waals surface area contributed by atoms with Crippen molar-refractivity contribution in [2.24, 2.45) is 35.5 Å². The Morgan fingerprint density at radius 1 is 1.00 bits per heavy atom. The van der Waals surface area contributed by atoms with Crippen molar-refractivity contribution in [2.45, 2.75) is 26.3 Å². The van der Waals surface area contributed by atoms with Gasteiger partial charge in [-0.25, -0.2) is 0 Å². The zero-order chi connectivity index (χ0) is 19.7. The molecule has 28 heavy (non-hydrogen) atoms. The van der Waals surface area contributed by atoms with Crippen LogP contribution in [0.25, 0.3) is 0 Å². The maximum absolute atomic E-state index is 13.1. The van der Waals surface area contributed by atoms with Gasteiger partial charge < -0.3 is 5.32 Å². The number of allylic oxidation sites excluding steroid dienone is 2. The molecule has 5 aliphatic rings. The number of anilines is 1. The summed E-state index contributed by atoms with van der Waals surface area (Å²) in [7, 11) is 0. The third-order valence-corrected chi connectivity index (χ3v) is 7.02. The number of carbonyl (C=O) groups is 4. The van der Waals surface area contributed by atoms with E-state index in [0.29, 0.717) is 23.1 Å². The molecule has 0 unspecified atom stereocenters. The Bertz CT molecular complexity index is 898. The minimum atomic E-state index is -0.867. The monoisotopic (exact) mass is 378 g/mol. The molecule has 3 fully saturated rings. The molecule has 2 saturated carbocycles. The lowest BCUT2D eigenvalue weighted by Gasteiger charge is -2.37. The van der Waals surface area contributed by atoms with Crippen molar-refractivity contribution in [1.29, 1.82) is 0 Å². The Morgan fingerprint density at radius 2 is 1.54 bits per heavy atom. The number of ketones is 1. The van der Waals surface area contributed by atoms with Crippen LogP contribution in [0.1, 0.15) is 30.6 Å². The number of hydrogen-bond donors (Lipinski definition) is 1. The van der Waals surface area contributed by atoms with Crippen molar-refractivity contribution in [3.63, 3.8) is 0 Å². The van der Waals surface area contributed by atoms with E-state index in [0.717, 1.165) is 6.42 Å². The first-order valence-corrected chi connectivity index (χ1v) is 9.85. The van der Waals surface area contributed by atoms with Crippen LogP contribution < -0.4 is 5.32 Å². The summed E-state index contributed by atoms with van der Waals surface area (Å²) in [5, 5.41) is 2.75. The molecule has 6 rings (SSSR count). The topological polar surface area (TPSA) is 83.6 Å². The summed E-state index contributed by atoms with van der Waals surface area (Å²) in [6, 6.07) is 5.70. The molecular formula is C22H22N2O4. The second-order valence-corrected chi connectivity index (χ2v) is 8.50. The normalized spacial score (nSPS) is 35.4. The Kier molecular flexibility index (Phi) is 3.63. The SMILES string of the molecule is CC(=O)c1ccc(NC(=O)[C@H](C)N2C(=O)[C@H]3[C@@H]4C=C[C@H]([C@H]5C[C@H]45)[C@@H]3C2=O)cc1. The summed E-state index contributed by atoms with van der Waals surface area (Å²) < 4.78 is 0. The van der Waals surface area contributed by atoms with Gasteiger partial charge in [-0.2, -0.15) is 0 Å². The van der Waals surface area contributed by atoms with Crippen LogP contribution in [0.3, 0.4) is 0 Å². The number of hydrogen-bond acceptors (Lipinski definition) is 4. The van der Waals surface area contributed by atoms with Gasteiger partial charge in [0, 0.05) is 11.3 Å². The number of nitrogens with one attached hydrogen (secondary N) is 1. The lowest BCUT2D eigenvalue weighted by Crippen LogP contribution is -2.46. The fourth-order valence-electron chi connectivity index (χ4n) is 5.51. The van der Waals surface area contributed by atoms with Gasteiger partial charge >= 0.3 is 0 Å². The van der Waals surface area contributed by atoms with Gasteiger partial charge in [-0.1, -0.05) is 12.2 Å². The molecule has 6 heteroatoms. The largest absolute Gasteiger partial charge is 0.324 e. The molecule has 7 atom stereocenters. The van der Waals surface area contributed by atoms with E-state index < -0.39 is 11.9 Å². The Morgan fingerprint density at radius 3 is 2.04 bits per heavy atom. The number of benzene rings is 1. The van der Waals surface area contributed by atoms with Gasteiger partial charge in [0.2, 0.25) is 17.7 Å². The van der Waals surface area contributed by atoms with Gasteiger partial charge in [0.1, 0.15) is 6.04 Å². The van der Waals surface area contributed by atoms with Gasteiger partial charge in [-0.3, -0.25) is 24.1 Å². The van der Waals surface area contributed by atoms with Crippen molar-refractivity contribution in [2.75, 3.05) is 5.32 Å². The summed E-state index contributed by atoms with van der Waals surface area (Å²) >= 11 is 0. The Balaban J connectivity index is 1.33. The molecule has 4 aliphatic carbocycles. The van der Waals surface area contributed by atoms with Crippen molar-refractivity contribution >= 4 is 29.2 Å². The maximum Gasteiger partial charge on any atom is 0.247 e. The van der Waals surface area contributed by atoms with Crippen molar-refractivity contribution < 1.29 is 19.2 Å². The summed E-state index contributed by atoms with van der Waals surface area (Å²) in [6.45, 7) is 3.08. The van der Waals surface area contributed by atoms with Crippen LogP contribution in [-0.4, -0.2) is 34.4 Å². The molecule has 1 N–H and O–H groups in total. The number of nitrogens with zero attached hydrogens (tertiary/aromatic N) is 1. The molecular weight excluding hydrogens is 356 g/mol. The third kappa shape index (κ3) is 2.33. The van der Waals surface area contributed by atoms with Crippen molar-refractivity contribution in [1.82, 2.24) is 4.90 Å². The first-order chi connectivity index (χ1) is 13.4. The van der Waals surface area contributed by atoms with E-state index in [4.69, 9.17) is 0 Å². The molecule has 1 aromatic rings. The average molecular weight is 378 g/mol. The fraction of sp³-hybridized carbons (Fsp3) is 0.455. The second-order valence-electron chi connectivity index (χ2n) is 8.50. The summed E-state index contributed by atoms with van der Waals surface area (Å²) in [6.07, 6.45) is 5.36. The number of likely N-dealkylation sites (tertiary alicyclic amines) is 1. The molecule has 0 aromatic heterocycles. The first kappa shape index (κ1) is 17.3. The highest BCUT2D eigenvalue weighted by Gasteiger charge is 2.67. The molecule has 0 spiro atoms. The fourth-order valence-corrected chi connectivity index (χ4v) is 5.51. The second kappa shape index (κ2) is 5.87.